The second-order valence-corrected chi connectivity index (χ2v) is 7.52. The van der Waals surface area contributed by atoms with Crippen LogP contribution >= 0.6 is 0 Å². The Morgan fingerprint density at radius 3 is 2.52 bits per heavy atom. The first-order chi connectivity index (χ1) is 14.9. The van der Waals surface area contributed by atoms with Crippen LogP contribution in [0.1, 0.15) is 23.6 Å². The Labute approximate surface area is 181 Å². The summed E-state index contributed by atoms with van der Waals surface area (Å²) in [6, 6.07) is 13.0. The summed E-state index contributed by atoms with van der Waals surface area (Å²) in [5.74, 6) is 1.17. The van der Waals surface area contributed by atoms with Gasteiger partial charge in [0, 0.05) is 18.0 Å². The average Bonchev–Trinajstić information content (AvgIpc) is 2.75. The molecule has 1 amide bonds. The third kappa shape index (κ3) is 5.75. The molecule has 0 spiro atoms. The van der Waals surface area contributed by atoms with Crippen LogP contribution in [-0.4, -0.2) is 26.2 Å². The van der Waals surface area contributed by atoms with E-state index in [-0.39, 0.29) is 12.3 Å². The van der Waals surface area contributed by atoms with Gasteiger partial charge in [-0.1, -0.05) is 18.7 Å². The minimum Gasteiger partial charge on any atom is -0.497 e. The second-order valence-electron chi connectivity index (χ2n) is 7.52. The van der Waals surface area contributed by atoms with E-state index in [1.807, 2.05) is 50.2 Å². The van der Waals surface area contributed by atoms with Gasteiger partial charge in [-0.05, 0) is 61.2 Å². The molecule has 1 aromatic heterocycles. The summed E-state index contributed by atoms with van der Waals surface area (Å²) in [6.45, 7) is 8.38. The zero-order valence-corrected chi connectivity index (χ0v) is 18.1. The van der Waals surface area contributed by atoms with Crippen molar-refractivity contribution in [3.8, 4) is 11.5 Å². The molecule has 6 nitrogen and oxygen atoms in total. The molecule has 0 aliphatic carbocycles. The zero-order chi connectivity index (χ0) is 22.4. The van der Waals surface area contributed by atoms with Crippen molar-refractivity contribution >= 4 is 16.9 Å². The lowest BCUT2D eigenvalue weighted by Crippen LogP contribution is -2.29. The summed E-state index contributed by atoms with van der Waals surface area (Å²) < 4.78 is 16.2. The molecule has 1 N–H and O–H groups in total. The number of carbonyl (C=O) groups excluding carboxylic acids is 1. The number of aryl methyl sites for hydroxylation is 1. The van der Waals surface area contributed by atoms with Gasteiger partial charge in [-0.3, -0.25) is 4.79 Å². The molecule has 31 heavy (non-hydrogen) atoms. The van der Waals surface area contributed by atoms with Crippen molar-refractivity contribution < 1.29 is 18.7 Å². The van der Waals surface area contributed by atoms with Crippen molar-refractivity contribution in [2.24, 2.45) is 0 Å². The largest absolute Gasteiger partial charge is 0.497 e. The Balaban J connectivity index is 1.65. The highest BCUT2D eigenvalue weighted by Crippen LogP contribution is 2.24. The van der Waals surface area contributed by atoms with Crippen LogP contribution in [0.5, 0.6) is 11.5 Å². The fourth-order valence-electron chi connectivity index (χ4n) is 3.24. The van der Waals surface area contributed by atoms with E-state index < -0.39 is 5.63 Å². The predicted octanol–water partition coefficient (Wildman–Crippen LogP) is 3.97. The molecule has 0 saturated carbocycles. The summed E-state index contributed by atoms with van der Waals surface area (Å²) in [5, 5.41) is 3.65. The normalized spacial score (nSPS) is 10.7. The molecule has 0 aliphatic rings. The molecule has 3 rings (SSSR count). The van der Waals surface area contributed by atoms with Crippen molar-refractivity contribution in [2.75, 3.05) is 20.3 Å². The SMILES string of the molecule is C=C(C)COc1ccc2c(C)c(CC(=O)NCCc3ccc(OC)cc3)c(=O)oc2c1. The van der Waals surface area contributed by atoms with Gasteiger partial charge in [0.25, 0.3) is 0 Å². The first-order valence-corrected chi connectivity index (χ1v) is 10.1. The Morgan fingerprint density at radius 1 is 1.13 bits per heavy atom. The lowest BCUT2D eigenvalue weighted by Gasteiger charge is -2.10. The Kier molecular flexibility index (Phi) is 7.13. The zero-order valence-electron chi connectivity index (χ0n) is 18.1. The van der Waals surface area contributed by atoms with E-state index in [4.69, 9.17) is 13.9 Å². The van der Waals surface area contributed by atoms with E-state index in [0.717, 1.165) is 27.8 Å². The highest BCUT2D eigenvalue weighted by molar-refractivity contribution is 5.85. The van der Waals surface area contributed by atoms with E-state index >= 15 is 0 Å². The summed E-state index contributed by atoms with van der Waals surface area (Å²) >= 11 is 0. The molecular weight excluding hydrogens is 394 g/mol. The number of carbonyl (C=O) groups is 1. The maximum Gasteiger partial charge on any atom is 0.340 e. The maximum atomic E-state index is 12.5. The van der Waals surface area contributed by atoms with Crippen molar-refractivity contribution in [1.29, 1.82) is 0 Å². The standard InChI is InChI=1S/C25H27NO5/c1-16(2)15-30-20-9-10-21-17(3)22(25(28)31-23(21)13-20)14-24(27)26-12-11-18-5-7-19(29-4)8-6-18/h5-10,13H,1,11-12,14-15H2,2-4H3,(H,26,27). The molecule has 0 saturated heterocycles. The number of ether oxygens (including phenoxy) is 2. The first-order valence-electron chi connectivity index (χ1n) is 10.1. The van der Waals surface area contributed by atoms with Crippen LogP contribution in [-0.2, 0) is 17.6 Å². The van der Waals surface area contributed by atoms with E-state index in [9.17, 15) is 9.59 Å². The Hall–Kier alpha value is -3.54. The monoisotopic (exact) mass is 421 g/mol. The molecule has 0 bridgehead atoms. The number of hydrogen-bond acceptors (Lipinski definition) is 5. The van der Waals surface area contributed by atoms with Gasteiger partial charge in [0.05, 0.1) is 19.1 Å². The Bertz CT molecular complexity index is 1150. The van der Waals surface area contributed by atoms with Gasteiger partial charge in [0.15, 0.2) is 0 Å². The van der Waals surface area contributed by atoms with Crippen LogP contribution in [0.2, 0.25) is 0 Å². The highest BCUT2D eigenvalue weighted by Gasteiger charge is 2.15. The number of hydrogen-bond donors (Lipinski definition) is 1. The van der Waals surface area contributed by atoms with Crippen LogP contribution in [0.3, 0.4) is 0 Å². The fourth-order valence-corrected chi connectivity index (χ4v) is 3.24. The van der Waals surface area contributed by atoms with E-state index in [1.165, 1.54) is 0 Å². The quantitative estimate of drug-likeness (QED) is 0.418. The van der Waals surface area contributed by atoms with Crippen molar-refractivity contribution in [2.45, 2.75) is 26.7 Å². The summed E-state index contributed by atoms with van der Waals surface area (Å²) in [7, 11) is 1.62. The van der Waals surface area contributed by atoms with Crippen LogP contribution in [0.25, 0.3) is 11.0 Å². The van der Waals surface area contributed by atoms with Gasteiger partial charge in [0.1, 0.15) is 23.7 Å². The molecule has 6 heteroatoms. The molecule has 0 aliphatic heterocycles. The van der Waals surface area contributed by atoms with E-state index in [2.05, 4.69) is 11.9 Å². The molecular formula is C25H27NO5. The van der Waals surface area contributed by atoms with Crippen LogP contribution in [0.4, 0.5) is 0 Å². The number of fused-ring (bicyclic) bond motifs is 1. The topological polar surface area (TPSA) is 77.8 Å². The van der Waals surface area contributed by atoms with Crippen LogP contribution in [0, 0.1) is 6.92 Å². The van der Waals surface area contributed by atoms with E-state index in [0.29, 0.717) is 36.5 Å². The van der Waals surface area contributed by atoms with Crippen LogP contribution in [0.15, 0.2) is 63.8 Å². The lowest BCUT2D eigenvalue weighted by atomic mass is 10.0. The molecule has 162 valence electrons. The number of methoxy groups -OCH3 is 1. The lowest BCUT2D eigenvalue weighted by molar-refractivity contribution is -0.120. The smallest absolute Gasteiger partial charge is 0.340 e. The first kappa shape index (κ1) is 22.2. The van der Waals surface area contributed by atoms with Crippen molar-refractivity contribution in [3.63, 3.8) is 0 Å². The molecule has 0 unspecified atom stereocenters. The number of benzene rings is 2. The molecule has 0 radical (unpaired) electrons. The summed E-state index contributed by atoms with van der Waals surface area (Å²) in [4.78, 5) is 24.9. The number of amides is 1. The predicted molar refractivity (Wildman–Crippen MR) is 121 cm³/mol. The molecule has 1 heterocycles. The summed E-state index contributed by atoms with van der Waals surface area (Å²) in [5.41, 5.74) is 3.02. The molecule has 0 fully saturated rings. The van der Waals surface area contributed by atoms with Gasteiger partial charge in [-0.25, -0.2) is 4.79 Å². The number of rotatable bonds is 9. The molecule has 2 aromatic carbocycles. The van der Waals surface area contributed by atoms with Crippen molar-refractivity contribution in [3.05, 3.63) is 81.7 Å². The van der Waals surface area contributed by atoms with Gasteiger partial charge in [-0.2, -0.15) is 0 Å². The summed E-state index contributed by atoms with van der Waals surface area (Å²) in [6.07, 6.45) is 0.661. The van der Waals surface area contributed by atoms with Gasteiger partial charge in [0.2, 0.25) is 5.91 Å². The van der Waals surface area contributed by atoms with E-state index in [1.54, 1.807) is 13.2 Å². The second kappa shape index (κ2) is 9.98. The minimum atomic E-state index is -0.507. The highest BCUT2D eigenvalue weighted by atomic mass is 16.5. The van der Waals surface area contributed by atoms with Crippen LogP contribution < -0.4 is 20.4 Å². The molecule has 0 atom stereocenters. The van der Waals surface area contributed by atoms with Gasteiger partial charge >= 0.3 is 5.63 Å². The fraction of sp³-hybridized carbons (Fsp3) is 0.280. The van der Waals surface area contributed by atoms with Gasteiger partial charge < -0.3 is 19.2 Å². The van der Waals surface area contributed by atoms with Gasteiger partial charge in [-0.15, -0.1) is 0 Å². The average molecular weight is 421 g/mol. The van der Waals surface area contributed by atoms with Crippen molar-refractivity contribution in [1.82, 2.24) is 5.32 Å². The molecule has 3 aromatic rings. The third-order valence-corrected chi connectivity index (χ3v) is 4.98. The Morgan fingerprint density at radius 2 is 1.84 bits per heavy atom. The minimum absolute atomic E-state index is 0.0272. The number of nitrogens with one attached hydrogen (secondary N) is 1. The third-order valence-electron chi connectivity index (χ3n) is 4.98. The maximum absolute atomic E-state index is 12.5.